The molecule has 1 saturated heterocycles. The Hall–Kier alpha value is -3.98. The molecule has 2 amide bonds. The second-order valence-corrected chi connectivity index (χ2v) is 13.1. The Morgan fingerprint density at radius 2 is 1.66 bits per heavy atom. The van der Waals surface area contributed by atoms with E-state index in [1.54, 1.807) is 18.7 Å². The lowest BCUT2D eigenvalue weighted by Gasteiger charge is -2.32. The van der Waals surface area contributed by atoms with Crippen LogP contribution >= 0.6 is 11.6 Å². The summed E-state index contributed by atoms with van der Waals surface area (Å²) < 4.78 is 11.9. The predicted octanol–water partition coefficient (Wildman–Crippen LogP) is 5.66. The number of esters is 1. The molecule has 1 fully saturated rings. The Kier molecular flexibility index (Phi) is 13.2. The minimum Gasteiger partial charge on any atom is -0.465 e. The van der Waals surface area contributed by atoms with Crippen LogP contribution in [-0.4, -0.2) is 60.1 Å². The molecule has 47 heavy (non-hydrogen) atoms. The van der Waals surface area contributed by atoms with Crippen molar-refractivity contribution in [3.63, 3.8) is 0 Å². The number of nitrogens with one attached hydrogen (secondary N) is 1. The molecule has 1 aliphatic rings. The molecular formula is C38H46ClN3O5. The van der Waals surface area contributed by atoms with E-state index in [0.717, 1.165) is 29.5 Å². The summed E-state index contributed by atoms with van der Waals surface area (Å²) in [4.78, 5) is 41.4. The molecule has 1 aliphatic heterocycles. The van der Waals surface area contributed by atoms with Gasteiger partial charge in [-0.1, -0.05) is 103 Å². The highest BCUT2D eigenvalue weighted by Crippen LogP contribution is 2.29. The zero-order valence-electron chi connectivity index (χ0n) is 27.4. The number of nitrogens with two attached hydrogens (primary N) is 1. The van der Waals surface area contributed by atoms with E-state index in [1.165, 1.54) is 0 Å². The number of carbonyl (C=O) groups excluding carboxylic acids is 3. The number of carbonyl (C=O) groups is 3. The Labute approximate surface area is 283 Å². The van der Waals surface area contributed by atoms with Gasteiger partial charge in [-0.15, -0.1) is 0 Å². The lowest BCUT2D eigenvalue weighted by Crippen LogP contribution is -2.57. The molecule has 0 unspecified atom stereocenters. The number of hydrogen-bond donors (Lipinski definition) is 2. The summed E-state index contributed by atoms with van der Waals surface area (Å²) in [5, 5.41) is 3.47. The molecule has 0 aromatic heterocycles. The third-order valence-electron chi connectivity index (χ3n) is 8.36. The van der Waals surface area contributed by atoms with E-state index in [-0.39, 0.29) is 30.9 Å². The van der Waals surface area contributed by atoms with E-state index in [2.05, 4.69) is 5.32 Å². The van der Waals surface area contributed by atoms with Crippen molar-refractivity contribution < 1.29 is 23.9 Å². The van der Waals surface area contributed by atoms with Crippen molar-refractivity contribution in [3.05, 3.63) is 119 Å². The highest BCUT2D eigenvalue weighted by atomic mass is 35.5. The number of rotatable bonds is 15. The second kappa shape index (κ2) is 17.3. The van der Waals surface area contributed by atoms with Crippen molar-refractivity contribution in [1.82, 2.24) is 10.2 Å². The molecule has 0 radical (unpaired) electrons. The Morgan fingerprint density at radius 1 is 1.00 bits per heavy atom. The van der Waals surface area contributed by atoms with Crippen LogP contribution in [0.2, 0.25) is 5.02 Å². The van der Waals surface area contributed by atoms with Gasteiger partial charge in [-0.2, -0.15) is 0 Å². The zero-order chi connectivity index (χ0) is 33.8. The first kappa shape index (κ1) is 35.9. The van der Waals surface area contributed by atoms with Crippen molar-refractivity contribution in [2.45, 2.75) is 77.3 Å². The molecular weight excluding hydrogens is 614 g/mol. The van der Waals surface area contributed by atoms with Crippen molar-refractivity contribution >= 4 is 29.4 Å². The van der Waals surface area contributed by atoms with E-state index in [1.807, 2.05) is 104 Å². The maximum atomic E-state index is 14.1. The lowest BCUT2D eigenvalue weighted by molar-refractivity contribution is -0.145. The third-order valence-corrected chi connectivity index (χ3v) is 8.59. The molecule has 3 N–H and O–H groups in total. The van der Waals surface area contributed by atoms with Gasteiger partial charge in [0.25, 0.3) is 0 Å². The van der Waals surface area contributed by atoms with Crippen molar-refractivity contribution in [1.29, 1.82) is 0 Å². The average Bonchev–Trinajstić information content (AvgIpc) is 3.54. The first-order chi connectivity index (χ1) is 22.5. The van der Waals surface area contributed by atoms with Gasteiger partial charge in [-0.25, -0.2) is 0 Å². The van der Waals surface area contributed by atoms with Crippen LogP contribution in [0.25, 0.3) is 0 Å². The first-order valence-corrected chi connectivity index (χ1v) is 16.6. The van der Waals surface area contributed by atoms with Crippen LogP contribution in [0.3, 0.4) is 0 Å². The van der Waals surface area contributed by atoms with E-state index in [0.29, 0.717) is 24.6 Å². The van der Waals surface area contributed by atoms with E-state index in [4.69, 9.17) is 26.8 Å². The van der Waals surface area contributed by atoms with Gasteiger partial charge in [-0.3, -0.25) is 14.4 Å². The molecule has 1 heterocycles. The summed E-state index contributed by atoms with van der Waals surface area (Å²) in [6, 6.07) is 24.9. The number of amides is 2. The van der Waals surface area contributed by atoms with Gasteiger partial charge < -0.3 is 25.4 Å². The molecule has 0 bridgehead atoms. The number of likely N-dealkylation sites (tertiary alicyclic amines) is 1. The van der Waals surface area contributed by atoms with Crippen LogP contribution in [0.15, 0.2) is 97.1 Å². The van der Waals surface area contributed by atoms with Crippen LogP contribution < -0.4 is 11.1 Å². The van der Waals surface area contributed by atoms with Gasteiger partial charge >= 0.3 is 5.97 Å². The SMILES string of the molecule is C[C@H](N)C(=O)N[C@H](C(=O)N1CCC[C@H]1C=C[C@](C)(COC(=O)Cc1ccccc1)Cc1cccc(Cl)c1)[C@@H](C)OCc1ccccc1. The van der Waals surface area contributed by atoms with E-state index >= 15 is 0 Å². The maximum absolute atomic E-state index is 14.1. The molecule has 4 rings (SSSR count). The summed E-state index contributed by atoms with van der Waals surface area (Å²) >= 11 is 6.30. The summed E-state index contributed by atoms with van der Waals surface area (Å²) in [7, 11) is 0. The standard InChI is InChI=1S/C38H46ClN3O5/c1-27(40)36(44)41-35(28(2)46-25-30-14-8-5-9-15-30)37(45)42-21-11-18-33(42)19-20-38(3,24-31-16-10-17-32(39)22-31)26-47-34(43)23-29-12-6-4-7-13-29/h4-10,12-17,19-20,22,27-28,33,35H,11,18,21,23-26,40H2,1-3H3,(H,41,44)/t27-,28+,33-,35-,38-/m0/s1. The summed E-state index contributed by atoms with van der Waals surface area (Å²) in [6.07, 6.45) is 5.79. The number of halogens is 1. The Balaban J connectivity index is 1.51. The first-order valence-electron chi connectivity index (χ1n) is 16.2. The molecule has 250 valence electrons. The maximum Gasteiger partial charge on any atom is 0.310 e. The monoisotopic (exact) mass is 659 g/mol. The number of benzene rings is 3. The highest BCUT2D eigenvalue weighted by molar-refractivity contribution is 6.30. The topological polar surface area (TPSA) is 111 Å². The third kappa shape index (κ3) is 11.1. The van der Waals surface area contributed by atoms with Crippen LogP contribution in [0.1, 0.15) is 50.3 Å². The molecule has 9 heteroatoms. The van der Waals surface area contributed by atoms with Crippen LogP contribution in [0, 0.1) is 5.41 Å². The predicted molar refractivity (Wildman–Crippen MR) is 185 cm³/mol. The van der Waals surface area contributed by atoms with Gasteiger partial charge in [0, 0.05) is 17.0 Å². The van der Waals surface area contributed by atoms with Crippen LogP contribution in [0.5, 0.6) is 0 Å². The molecule has 0 spiro atoms. The van der Waals surface area contributed by atoms with Gasteiger partial charge in [0.15, 0.2) is 0 Å². The van der Waals surface area contributed by atoms with Crippen molar-refractivity contribution in [2.24, 2.45) is 11.1 Å². The number of ether oxygens (including phenoxy) is 2. The largest absolute Gasteiger partial charge is 0.465 e. The van der Waals surface area contributed by atoms with Crippen LogP contribution in [-0.2, 0) is 43.3 Å². The average molecular weight is 660 g/mol. The quantitative estimate of drug-likeness (QED) is 0.161. The smallest absolute Gasteiger partial charge is 0.310 e. The highest BCUT2D eigenvalue weighted by Gasteiger charge is 2.37. The van der Waals surface area contributed by atoms with Gasteiger partial charge in [-0.05, 0) is 61.9 Å². The second-order valence-electron chi connectivity index (χ2n) is 12.7. The summed E-state index contributed by atoms with van der Waals surface area (Å²) in [6.45, 7) is 6.40. The molecule has 0 aliphatic carbocycles. The van der Waals surface area contributed by atoms with E-state index in [9.17, 15) is 14.4 Å². The molecule has 8 nitrogen and oxygen atoms in total. The fourth-order valence-electron chi connectivity index (χ4n) is 5.68. The molecule has 5 atom stereocenters. The fraction of sp³-hybridized carbons (Fsp3) is 0.395. The van der Waals surface area contributed by atoms with Crippen LogP contribution in [0.4, 0.5) is 0 Å². The molecule has 3 aromatic rings. The molecule has 0 saturated carbocycles. The van der Waals surface area contributed by atoms with E-state index < -0.39 is 29.5 Å². The van der Waals surface area contributed by atoms with Gasteiger partial charge in [0.1, 0.15) is 12.6 Å². The molecule has 3 aromatic carbocycles. The fourth-order valence-corrected chi connectivity index (χ4v) is 5.89. The number of hydrogen-bond acceptors (Lipinski definition) is 6. The number of nitrogens with zero attached hydrogens (tertiary/aromatic N) is 1. The Morgan fingerprint density at radius 3 is 2.32 bits per heavy atom. The lowest BCUT2D eigenvalue weighted by atomic mass is 9.83. The van der Waals surface area contributed by atoms with Crippen molar-refractivity contribution in [3.8, 4) is 0 Å². The minimum absolute atomic E-state index is 0.153. The summed E-state index contributed by atoms with van der Waals surface area (Å²) in [5.74, 6) is -0.953. The summed E-state index contributed by atoms with van der Waals surface area (Å²) in [5.41, 5.74) is 8.14. The minimum atomic E-state index is -0.914. The van der Waals surface area contributed by atoms with Gasteiger partial charge in [0.2, 0.25) is 11.8 Å². The van der Waals surface area contributed by atoms with Gasteiger partial charge in [0.05, 0.1) is 31.2 Å². The normalized spacial score (nSPS) is 17.9. The van der Waals surface area contributed by atoms with Crippen molar-refractivity contribution in [2.75, 3.05) is 13.2 Å². The Bertz CT molecular complexity index is 1500. The zero-order valence-corrected chi connectivity index (χ0v) is 28.2.